The maximum absolute atomic E-state index is 6.66. The molecule has 0 saturated carbocycles. The molecule has 5 nitrogen and oxygen atoms in total. The molecule has 2 atom stereocenters. The normalized spacial score (nSPS) is 18.4. The van der Waals surface area contributed by atoms with Gasteiger partial charge < -0.3 is 24.5 Å². The molecule has 0 spiro atoms. The van der Waals surface area contributed by atoms with Crippen LogP contribution in [0, 0.1) is 0 Å². The van der Waals surface area contributed by atoms with Crippen LogP contribution in [0.15, 0.2) is 169 Å². The van der Waals surface area contributed by atoms with Gasteiger partial charge in [-0.1, -0.05) is 97.6 Å². The summed E-state index contributed by atoms with van der Waals surface area (Å²) in [6, 6.07) is 47.1. The molecule has 2 aliphatic rings. The number of allylic oxidation sites excluding steroid dienone is 4. The summed E-state index contributed by atoms with van der Waals surface area (Å²) in [5.74, 6) is 0. The summed E-state index contributed by atoms with van der Waals surface area (Å²) in [7, 11) is 0. The molecule has 0 radical (unpaired) electrons. The van der Waals surface area contributed by atoms with E-state index in [2.05, 4.69) is 179 Å². The molecule has 2 aromatic heterocycles. The van der Waals surface area contributed by atoms with Crippen LogP contribution in [-0.2, 0) is 0 Å². The van der Waals surface area contributed by atoms with Crippen LogP contribution in [-0.4, -0.2) is 10.7 Å². The Morgan fingerprint density at radius 1 is 0.633 bits per heavy atom. The van der Waals surface area contributed by atoms with Gasteiger partial charge in [-0.25, -0.2) is 0 Å². The predicted molar refractivity (Wildman–Crippen MR) is 205 cm³/mol. The lowest BCUT2D eigenvalue weighted by Crippen LogP contribution is -2.48. The maximum Gasteiger partial charge on any atom is 0.145 e. The third-order valence-corrected chi connectivity index (χ3v) is 10.00. The van der Waals surface area contributed by atoms with Crippen molar-refractivity contribution in [1.29, 1.82) is 0 Å². The number of nitrogens with zero attached hydrogens (tertiary/aromatic N) is 2. The first-order chi connectivity index (χ1) is 24.2. The number of benzene rings is 6. The van der Waals surface area contributed by atoms with Crippen molar-refractivity contribution in [2.75, 3.05) is 15.5 Å². The van der Waals surface area contributed by atoms with Gasteiger partial charge in [0.05, 0.1) is 39.5 Å². The van der Waals surface area contributed by atoms with E-state index in [0.717, 1.165) is 77.6 Å². The lowest BCUT2D eigenvalue weighted by atomic mass is 9.95. The summed E-state index contributed by atoms with van der Waals surface area (Å²) in [6.07, 6.45) is 8.31. The largest absolute Gasteiger partial charge is 0.455 e. The first-order valence-electron chi connectivity index (χ1n) is 16.7. The number of para-hydroxylation sites is 4. The average molecular weight is 633 g/mol. The van der Waals surface area contributed by atoms with Gasteiger partial charge in [0.2, 0.25) is 0 Å². The van der Waals surface area contributed by atoms with Crippen molar-refractivity contribution in [1.82, 2.24) is 4.57 Å². The average Bonchev–Trinajstić information content (AvgIpc) is 3.69. The number of rotatable bonds is 3. The second-order valence-corrected chi connectivity index (χ2v) is 12.8. The summed E-state index contributed by atoms with van der Waals surface area (Å²) in [5, 5.41) is 12.3. The van der Waals surface area contributed by atoms with Gasteiger partial charge in [0.25, 0.3) is 0 Å². The van der Waals surface area contributed by atoms with Crippen molar-refractivity contribution >= 4 is 66.4 Å². The third kappa shape index (κ3) is 4.26. The number of aromatic nitrogens is 1. The number of hydrogen-bond donors (Lipinski definition) is 2. The van der Waals surface area contributed by atoms with Crippen LogP contribution in [0.3, 0.4) is 0 Å². The smallest absolute Gasteiger partial charge is 0.145 e. The molecule has 6 aromatic carbocycles. The molecule has 0 bridgehead atoms. The fourth-order valence-electron chi connectivity index (χ4n) is 7.75. The Morgan fingerprint density at radius 2 is 1.37 bits per heavy atom. The zero-order chi connectivity index (χ0) is 32.5. The van der Waals surface area contributed by atoms with Gasteiger partial charge in [-0.15, -0.1) is 0 Å². The van der Waals surface area contributed by atoms with Crippen molar-refractivity contribution in [3.8, 4) is 5.69 Å². The van der Waals surface area contributed by atoms with Crippen LogP contribution in [0.5, 0.6) is 0 Å². The van der Waals surface area contributed by atoms with Gasteiger partial charge in [-0.3, -0.25) is 0 Å². The summed E-state index contributed by atoms with van der Waals surface area (Å²) in [4.78, 5) is 2.37. The number of fused-ring (bicyclic) bond motifs is 9. The molecule has 2 unspecified atom stereocenters. The number of anilines is 3. The van der Waals surface area contributed by atoms with E-state index in [1.54, 1.807) is 0 Å². The molecule has 2 N–H and O–H groups in total. The van der Waals surface area contributed by atoms with Crippen molar-refractivity contribution in [2.24, 2.45) is 0 Å². The van der Waals surface area contributed by atoms with E-state index in [1.165, 1.54) is 5.56 Å². The van der Waals surface area contributed by atoms with Gasteiger partial charge in [0.15, 0.2) is 0 Å². The molecule has 10 rings (SSSR count). The fraction of sp³-hybridized carbons (Fsp3) is 0.0455. The quantitative estimate of drug-likeness (QED) is 0.203. The van der Waals surface area contributed by atoms with Crippen LogP contribution in [0.25, 0.3) is 55.0 Å². The summed E-state index contributed by atoms with van der Waals surface area (Å²) in [5.41, 5.74) is 11.5. The van der Waals surface area contributed by atoms with Crippen LogP contribution >= 0.6 is 0 Å². The van der Waals surface area contributed by atoms with Crippen molar-refractivity contribution < 1.29 is 4.42 Å². The van der Waals surface area contributed by atoms with E-state index in [-0.39, 0.29) is 12.2 Å². The number of nitrogens with one attached hydrogen (secondary N) is 2. The van der Waals surface area contributed by atoms with E-state index in [4.69, 9.17) is 4.42 Å². The van der Waals surface area contributed by atoms with Crippen LogP contribution in [0.1, 0.15) is 17.2 Å². The monoisotopic (exact) mass is 632 g/mol. The Labute approximate surface area is 283 Å². The Hall–Kier alpha value is -6.46. The van der Waals surface area contributed by atoms with Gasteiger partial charge >= 0.3 is 0 Å². The summed E-state index contributed by atoms with van der Waals surface area (Å²) < 4.78 is 9.03. The molecule has 4 heterocycles. The zero-order valence-corrected chi connectivity index (χ0v) is 26.7. The van der Waals surface area contributed by atoms with Gasteiger partial charge in [-0.05, 0) is 71.8 Å². The van der Waals surface area contributed by atoms with Crippen LogP contribution < -0.4 is 15.5 Å². The van der Waals surface area contributed by atoms with Gasteiger partial charge in [0.1, 0.15) is 17.3 Å². The molecule has 2 aliphatic heterocycles. The fourth-order valence-corrected chi connectivity index (χ4v) is 7.75. The predicted octanol–water partition coefficient (Wildman–Crippen LogP) is 11.2. The topological polar surface area (TPSA) is 45.4 Å². The van der Waals surface area contributed by atoms with Crippen molar-refractivity contribution in [2.45, 2.75) is 12.2 Å². The Kier molecular flexibility index (Phi) is 6.09. The molecular formula is C44H32N4O. The molecule has 49 heavy (non-hydrogen) atoms. The molecule has 5 heteroatoms. The minimum absolute atomic E-state index is 0.0453. The summed E-state index contributed by atoms with van der Waals surface area (Å²) >= 11 is 0. The lowest BCUT2D eigenvalue weighted by molar-refractivity contribution is 0.605. The van der Waals surface area contributed by atoms with Gasteiger partial charge in [-0.2, -0.15) is 0 Å². The first-order valence-corrected chi connectivity index (χ1v) is 16.7. The highest BCUT2D eigenvalue weighted by Crippen LogP contribution is 2.46. The molecule has 0 aliphatic carbocycles. The maximum atomic E-state index is 6.66. The van der Waals surface area contributed by atoms with Crippen LogP contribution in [0.4, 0.5) is 17.1 Å². The molecule has 0 saturated heterocycles. The molecule has 0 amide bonds. The molecule has 234 valence electrons. The molecule has 8 aromatic rings. The van der Waals surface area contributed by atoms with E-state index in [9.17, 15) is 0 Å². The standard InChI is InChI=1S/C44H32N4O/c1-28-14-12-13-25-47(44-42(29-15-4-2-5-16-29)45-35-20-9-10-21-36(35)46-44)38-27-39-34(26-33(28)38)41-37(48(39)30-17-6-3-7-18-30)24-23-32-31-19-8-11-22-40(31)49-43(32)41/h2-27,42,44-46H,1H2/b14-12-,25-13-. The van der Waals surface area contributed by atoms with Gasteiger partial charge in [0, 0.05) is 33.6 Å². The Bertz CT molecular complexity index is 2650. The second-order valence-electron chi connectivity index (χ2n) is 12.8. The Morgan fingerprint density at radius 3 is 2.20 bits per heavy atom. The minimum Gasteiger partial charge on any atom is -0.455 e. The highest BCUT2D eigenvalue weighted by Gasteiger charge is 2.34. The van der Waals surface area contributed by atoms with E-state index in [1.807, 2.05) is 6.07 Å². The second kappa shape index (κ2) is 10.8. The van der Waals surface area contributed by atoms with E-state index < -0.39 is 0 Å². The highest BCUT2D eigenvalue weighted by molar-refractivity contribution is 6.24. The summed E-state index contributed by atoms with van der Waals surface area (Å²) in [6.45, 7) is 4.59. The third-order valence-electron chi connectivity index (χ3n) is 10.00. The lowest BCUT2D eigenvalue weighted by Gasteiger charge is -2.43. The number of hydrogen-bond acceptors (Lipinski definition) is 4. The zero-order valence-electron chi connectivity index (χ0n) is 26.7. The Balaban J connectivity index is 1.28. The molecular weight excluding hydrogens is 601 g/mol. The van der Waals surface area contributed by atoms with E-state index >= 15 is 0 Å². The number of furan rings is 1. The van der Waals surface area contributed by atoms with E-state index in [0.29, 0.717) is 0 Å². The van der Waals surface area contributed by atoms with Crippen molar-refractivity contribution in [3.05, 3.63) is 176 Å². The highest BCUT2D eigenvalue weighted by atomic mass is 16.3. The first kappa shape index (κ1) is 27.6. The minimum atomic E-state index is -0.152. The SMILES string of the molecule is C=C1/C=C\C=C/N(C2Nc3ccccc3NC2c2ccccc2)c2cc3c(cc21)c1c2oc4ccccc4c2ccc1n3-c1ccccc1. The van der Waals surface area contributed by atoms with Crippen LogP contribution in [0.2, 0.25) is 0 Å². The van der Waals surface area contributed by atoms with Crippen molar-refractivity contribution in [3.63, 3.8) is 0 Å². The molecule has 0 fully saturated rings.